The Kier molecular flexibility index (Phi) is 3.43. The van der Waals surface area contributed by atoms with E-state index in [4.69, 9.17) is 0 Å². The number of hydrogen-bond donors (Lipinski definition) is 0. The van der Waals surface area contributed by atoms with E-state index < -0.39 is 12.6 Å². The van der Waals surface area contributed by atoms with Crippen LogP contribution in [0.4, 0.5) is 8.78 Å². The number of alkyl halides is 1. The van der Waals surface area contributed by atoms with Gasteiger partial charge in [0.15, 0.2) is 0 Å². The summed E-state index contributed by atoms with van der Waals surface area (Å²) in [5.74, 6) is -0.949. The standard InChI is InChI=1S/C9H8F2I/c1-6(5-10)7-3-2-4-8(12)9(7)11/h2-4,6H,1,5H2. The molecule has 0 N–H and O–H groups in total. The highest BCUT2D eigenvalue weighted by Gasteiger charge is 2.12. The molecule has 0 spiro atoms. The molecule has 0 saturated heterocycles. The lowest BCUT2D eigenvalue weighted by atomic mass is 10.0. The minimum Gasteiger partial charge on any atom is -0.250 e. The van der Waals surface area contributed by atoms with Crippen LogP contribution in [0, 0.1) is 16.3 Å². The summed E-state index contributed by atoms with van der Waals surface area (Å²) in [5.41, 5.74) is 0.351. The largest absolute Gasteiger partial charge is 0.250 e. The Hall–Kier alpha value is -0.190. The van der Waals surface area contributed by atoms with Crippen molar-refractivity contribution in [1.82, 2.24) is 0 Å². The van der Waals surface area contributed by atoms with Crippen LogP contribution >= 0.6 is 22.6 Å². The van der Waals surface area contributed by atoms with E-state index in [1.54, 1.807) is 18.2 Å². The monoisotopic (exact) mass is 281 g/mol. The van der Waals surface area contributed by atoms with Crippen LogP contribution in [-0.4, -0.2) is 6.67 Å². The van der Waals surface area contributed by atoms with Gasteiger partial charge in [-0.1, -0.05) is 12.1 Å². The minimum absolute atomic E-state index is 0.351. The number of rotatable bonds is 2. The quantitative estimate of drug-likeness (QED) is 0.729. The van der Waals surface area contributed by atoms with Gasteiger partial charge in [0.1, 0.15) is 5.82 Å². The Bertz CT molecular complexity index is 273. The van der Waals surface area contributed by atoms with Crippen molar-refractivity contribution in [2.75, 3.05) is 6.67 Å². The van der Waals surface area contributed by atoms with Gasteiger partial charge in [-0.2, -0.15) is 0 Å². The molecular weight excluding hydrogens is 273 g/mol. The van der Waals surface area contributed by atoms with Crippen molar-refractivity contribution in [3.8, 4) is 0 Å². The average Bonchev–Trinajstić information content (AvgIpc) is 2.08. The number of halogens is 3. The van der Waals surface area contributed by atoms with Crippen molar-refractivity contribution >= 4 is 22.6 Å². The lowest BCUT2D eigenvalue weighted by molar-refractivity contribution is 0.454. The maximum atomic E-state index is 13.2. The summed E-state index contributed by atoms with van der Waals surface area (Å²) >= 11 is 1.87. The van der Waals surface area contributed by atoms with Crippen LogP contribution in [0.3, 0.4) is 0 Å². The van der Waals surface area contributed by atoms with Gasteiger partial charge in [-0.05, 0) is 41.1 Å². The summed E-state index contributed by atoms with van der Waals surface area (Å²) in [4.78, 5) is 0. The SMILES string of the molecule is [CH2]C(CF)c1cccc(I)c1F. The Morgan fingerprint density at radius 3 is 2.75 bits per heavy atom. The van der Waals surface area contributed by atoms with Gasteiger partial charge in [0.25, 0.3) is 0 Å². The van der Waals surface area contributed by atoms with Gasteiger partial charge in [0, 0.05) is 9.49 Å². The van der Waals surface area contributed by atoms with E-state index >= 15 is 0 Å². The molecule has 0 bridgehead atoms. The summed E-state index contributed by atoms with van der Waals surface area (Å²) < 4.78 is 25.9. The summed E-state index contributed by atoms with van der Waals surface area (Å²) in [6.45, 7) is 2.88. The van der Waals surface area contributed by atoms with E-state index in [1.807, 2.05) is 22.6 Å². The highest BCUT2D eigenvalue weighted by molar-refractivity contribution is 14.1. The molecule has 0 saturated carbocycles. The third kappa shape index (κ3) is 1.94. The van der Waals surface area contributed by atoms with Gasteiger partial charge in [-0.25, -0.2) is 4.39 Å². The second-order valence-electron chi connectivity index (χ2n) is 2.49. The molecule has 1 rings (SSSR count). The Balaban J connectivity index is 3.07. The fourth-order valence-electron chi connectivity index (χ4n) is 0.919. The molecule has 0 aliphatic heterocycles. The predicted octanol–water partition coefficient (Wildman–Crippen LogP) is 3.32. The van der Waals surface area contributed by atoms with Gasteiger partial charge in [-0.15, -0.1) is 0 Å². The first kappa shape index (κ1) is 9.89. The molecule has 1 unspecified atom stereocenters. The van der Waals surface area contributed by atoms with Gasteiger partial charge in [0.2, 0.25) is 0 Å². The maximum Gasteiger partial charge on any atom is 0.140 e. The van der Waals surface area contributed by atoms with E-state index in [9.17, 15) is 8.78 Å². The molecule has 1 aromatic carbocycles. The fraction of sp³-hybridized carbons (Fsp3) is 0.222. The van der Waals surface area contributed by atoms with Gasteiger partial charge < -0.3 is 0 Å². The van der Waals surface area contributed by atoms with Gasteiger partial charge >= 0.3 is 0 Å². The second-order valence-corrected chi connectivity index (χ2v) is 3.66. The van der Waals surface area contributed by atoms with Gasteiger partial charge in [-0.3, -0.25) is 4.39 Å². The predicted molar refractivity (Wildman–Crippen MR) is 53.2 cm³/mol. The third-order valence-corrected chi connectivity index (χ3v) is 2.44. The smallest absolute Gasteiger partial charge is 0.140 e. The molecule has 0 nitrogen and oxygen atoms in total. The zero-order chi connectivity index (χ0) is 9.14. The topological polar surface area (TPSA) is 0 Å². The van der Waals surface area contributed by atoms with Crippen molar-refractivity contribution in [3.05, 3.63) is 40.1 Å². The van der Waals surface area contributed by atoms with E-state index in [2.05, 4.69) is 6.92 Å². The van der Waals surface area contributed by atoms with Crippen LogP contribution in [0.1, 0.15) is 11.5 Å². The van der Waals surface area contributed by atoms with Crippen molar-refractivity contribution in [2.45, 2.75) is 5.92 Å². The summed E-state index contributed by atoms with van der Waals surface area (Å²) in [6, 6.07) is 4.91. The lowest BCUT2D eigenvalue weighted by Gasteiger charge is -2.08. The number of hydrogen-bond acceptors (Lipinski definition) is 0. The van der Waals surface area contributed by atoms with Crippen LogP contribution in [0.2, 0.25) is 0 Å². The normalized spacial score (nSPS) is 13.0. The van der Waals surface area contributed by atoms with E-state index in [1.165, 1.54) is 0 Å². The molecule has 1 radical (unpaired) electrons. The molecule has 12 heavy (non-hydrogen) atoms. The summed E-state index contributed by atoms with van der Waals surface area (Å²) in [5, 5.41) is 0. The molecular formula is C9H8F2I. The zero-order valence-corrected chi connectivity index (χ0v) is 8.52. The van der Waals surface area contributed by atoms with Crippen LogP contribution in [0.25, 0.3) is 0 Å². The average molecular weight is 281 g/mol. The highest BCUT2D eigenvalue weighted by Crippen LogP contribution is 2.22. The Morgan fingerprint density at radius 2 is 2.17 bits per heavy atom. The molecule has 0 aromatic heterocycles. The van der Waals surface area contributed by atoms with E-state index in [0.717, 1.165) is 0 Å². The fourth-order valence-corrected chi connectivity index (χ4v) is 1.44. The van der Waals surface area contributed by atoms with Crippen LogP contribution in [0.15, 0.2) is 18.2 Å². The molecule has 0 heterocycles. The van der Waals surface area contributed by atoms with Crippen LogP contribution < -0.4 is 0 Å². The van der Waals surface area contributed by atoms with Crippen LogP contribution in [0.5, 0.6) is 0 Å². The van der Waals surface area contributed by atoms with Crippen molar-refractivity contribution in [1.29, 1.82) is 0 Å². The third-order valence-electron chi connectivity index (χ3n) is 1.61. The molecule has 1 aromatic rings. The molecule has 1 atom stereocenters. The Labute approximate surface area is 84.1 Å². The summed E-state index contributed by atoms with van der Waals surface area (Å²) in [6.07, 6.45) is 0. The first-order chi connectivity index (χ1) is 5.66. The van der Waals surface area contributed by atoms with Crippen molar-refractivity contribution < 1.29 is 8.78 Å². The van der Waals surface area contributed by atoms with Crippen molar-refractivity contribution in [2.24, 2.45) is 0 Å². The van der Waals surface area contributed by atoms with E-state index in [0.29, 0.717) is 9.13 Å². The molecule has 0 fully saturated rings. The van der Waals surface area contributed by atoms with E-state index in [-0.39, 0.29) is 5.82 Å². The first-order valence-corrected chi connectivity index (χ1v) is 4.57. The zero-order valence-electron chi connectivity index (χ0n) is 6.36. The molecule has 0 aliphatic rings. The van der Waals surface area contributed by atoms with Gasteiger partial charge in [0.05, 0.1) is 6.67 Å². The molecule has 65 valence electrons. The van der Waals surface area contributed by atoms with Crippen LogP contribution in [-0.2, 0) is 0 Å². The minimum atomic E-state index is -0.628. The first-order valence-electron chi connectivity index (χ1n) is 3.49. The molecule has 0 aliphatic carbocycles. The molecule has 3 heteroatoms. The summed E-state index contributed by atoms with van der Waals surface area (Å²) in [7, 11) is 0. The van der Waals surface area contributed by atoms with Crippen molar-refractivity contribution in [3.63, 3.8) is 0 Å². The highest BCUT2D eigenvalue weighted by atomic mass is 127. The number of benzene rings is 1. The molecule has 0 amide bonds. The maximum absolute atomic E-state index is 13.2. The lowest BCUT2D eigenvalue weighted by Crippen LogP contribution is -2.00. The second kappa shape index (κ2) is 4.16. The Morgan fingerprint density at radius 1 is 1.50 bits per heavy atom.